The molecule has 1 fully saturated rings. The van der Waals surface area contributed by atoms with E-state index in [1.807, 2.05) is 0 Å². The summed E-state index contributed by atoms with van der Waals surface area (Å²) in [6.45, 7) is 10.9. The van der Waals surface area contributed by atoms with Crippen molar-refractivity contribution in [1.82, 2.24) is 5.32 Å². The van der Waals surface area contributed by atoms with Crippen LogP contribution in [0.25, 0.3) is 0 Å². The van der Waals surface area contributed by atoms with Crippen LogP contribution in [0.15, 0.2) is 0 Å². The van der Waals surface area contributed by atoms with Gasteiger partial charge in [0.2, 0.25) is 0 Å². The molecule has 0 aromatic heterocycles. The third-order valence-corrected chi connectivity index (χ3v) is 3.74. The zero-order chi connectivity index (χ0) is 10.4. The second kappa shape index (κ2) is 5.72. The highest BCUT2D eigenvalue weighted by Crippen LogP contribution is 2.37. The van der Waals surface area contributed by atoms with Crippen LogP contribution in [0.2, 0.25) is 0 Å². The number of ether oxygens (including phenoxy) is 1. The molecule has 2 unspecified atom stereocenters. The molecule has 0 radical (unpaired) electrons. The van der Waals surface area contributed by atoms with Crippen molar-refractivity contribution in [2.24, 2.45) is 11.3 Å². The molecule has 0 bridgehead atoms. The maximum Gasteiger partial charge on any atom is 0.0537 e. The summed E-state index contributed by atoms with van der Waals surface area (Å²) in [4.78, 5) is 0. The lowest BCUT2D eigenvalue weighted by atomic mass is 9.71. The standard InChI is InChI=1S/C12H25NO/c1-4-11(3)12(9-13-5-2)7-6-8-14-10-12/h11,13H,4-10H2,1-3H3. The Morgan fingerprint density at radius 1 is 1.43 bits per heavy atom. The van der Waals surface area contributed by atoms with Crippen molar-refractivity contribution >= 4 is 0 Å². The Morgan fingerprint density at radius 3 is 2.71 bits per heavy atom. The molecule has 2 nitrogen and oxygen atoms in total. The van der Waals surface area contributed by atoms with Crippen LogP contribution < -0.4 is 5.32 Å². The van der Waals surface area contributed by atoms with Gasteiger partial charge >= 0.3 is 0 Å². The highest BCUT2D eigenvalue weighted by molar-refractivity contribution is 4.87. The summed E-state index contributed by atoms with van der Waals surface area (Å²) in [7, 11) is 0. The van der Waals surface area contributed by atoms with Crippen LogP contribution in [0.3, 0.4) is 0 Å². The molecule has 1 rings (SSSR count). The van der Waals surface area contributed by atoms with E-state index in [1.165, 1.54) is 19.3 Å². The summed E-state index contributed by atoms with van der Waals surface area (Å²) in [6, 6.07) is 0. The minimum Gasteiger partial charge on any atom is -0.381 e. The van der Waals surface area contributed by atoms with Crippen molar-refractivity contribution < 1.29 is 4.74 Å². The maximum atomic E-state index is 5.67. The monoisotopic (exact) mass is 199 g/mol. The first-order valence-corrected chi connectivity index (χ1v) is 6.03. The predicted molar refractivity (Wildman–Crippen MR) is 60.5 cm³/mol. The van der Waals surface area contributed by atoms with Gasteiger partial charge in [-0.15, -0.1) is 0 Å². The largest absolute Gasteiger partial charge is 0.381 e. The molecule has 14 heavy (non-hydrogen) atoms. The zero-order valence-electron chi connectivity index (χ0n) is 9.94. The minimum atomic E-state index is 0.406. The van der Waals surface area contributed by atoms with Gasteiger partial charge in [0.15, 0.2) is 0 Å². The first-order chi connectivity index (χ1) is 6.75. The quantitative estimate of drug-likeness (QED) is 0.734. The molecule has 0 spiro atoms. The molecule has 2 heteroatoms. The Morgan fingerprint density at radius 2 is 2.21 bits per heavy atom. The lowest BCUT2D eigenvalue weighted by Gasteiger charge is -2.42. The fraction of sp³-hybridized carbons (Fsp3) is 1.00. The number of nitrogens with one attached hydrogen (secondary N) is 1. The van der Waals surface area contributed by atoms with Gasteiger partial charge in [0.25, 0.3) is 0 Å². The van der Waals surface area contributed by atoms with Gasteiger partial charge in [-0.2, -0.15) is 0 Å². The van der Waals surface area contributed by atoms with E-state index in [9.17, 15) is 0 Å². The summed E-state index contributed by atoms with van der Waals surface area (Å²) in [5.41, 5.74) is 0.406. The molecular weight excluding hydrogens is 174 g/mol. The van der Waals surface area contributed by atoms with E-state index in [2.05, 4.69) is 26.1 Å². The molecule has 84 valence electrons. The van der Waals surface area contributed by atoms with E-state index in [0.29, 0.717) is 5.41 Å². The molecule has 0 aromatic carbocycles. The smallest absolute Gasteiger partial charge is 0.0537 e. The molecule has 1 N–H and O–H groups in total. The highest BCUT2D eigenvalue weighted by Gasteiger charge is 2.36. The minimum absolute atomic E-state index is 0.406. The van der Waals surface area contributed by atoms with Gasteiger partial charge in [-0.3, -0.25) is 0 Å². The van der Waals surface area contributed by atoms with Gasteiger partial charge in [-0.1, -0.05) is 27.2 Å². The SMILES string of the molecule is CCNCC1(C(C)CC)CCCOC1. The van der Waals surface area contributed by atoms with Gasteiger partial charge in [-0.25, -0.2) is 0 Å². The molecule has 2 atom stereocenters. The van der Waals surface area contributed by atoms with Crippen molar-refractivity contribution in [2.45, 2.75) is 40.0 Å². The Hall–Kier alpha value is -0.0800. The molecule has 1 aliphatic rings. The average molecular weight is 199 g/mol. The molecule has 0 saturated carbocycles. The van der Waals surface area contributed by atoms with Crippen LogP contribution in [0.1, 0.15) is 40.0 Å². The fourth-order valence-corrected chi connectivity index (χ4v) is 2.38. The normalized spacial score (nSPS) is 30.2. The summed E-state index contributed by atoms with van der Waals surface area (Å²) in [5.74, 6) is 0.766. The van der Waals surface area contributed by atoms with Crippen LogP contribution in [0, 0.1) is 11.3 Å². The summed E-state index contributed by atoms with van der Waals surface area (Å²) < 4.78 is 5.67. The maximum absolute atomic E-state index is 5.67. The van der Waals surface area contributed by atoms with Crippen LogP contribution in [0.4, 0.5) is 0 Å². The van der Waals surface area contributed by atoms with E-state index in [1.54, 1.807) is 0 Å². The topological polar surface area (TPSA) is 21.3 Å². The second-order valence-electron chi connectivity index (χ2n) is 4.61. The van der Waals surface area contributed by atoms with Crippen molar-refractivity contribution in [3.63, 3.8) is 0 Å². The Kier molecular flexibility index (Phi) is 4.90. The van der Waals surface area contributed by atoms with Gasteiger partial charge in [0, 0.05) is 18.6 Å². The lowest BCUT2D eigenvalue weighted by Crippen LogP contribution is -2.45. The fourth-order valence-electron chi connectivity index (χ4n) is 2.38. The van der Waals surface area contributed by atoms with Gasteiger partial charge in [0.1, 0.15) is 0 Å². The van der Waals surface area contributed by atoms with Crippen LogP contribution in [-0.4, -0.2) is 26.3 Å². The summed E-state index contributed by atoms with van der Waals surface area (Å²) in [6.07, 6.45) is 3.82. The van der Waals surface area contributed by atoms with Crippen LogP contribution in [-0.2, 0) is 4.74 Å². The van der Waals surface area contributed by atoms with E-state index in [0.717, 1.165) is 32.2 Å². The van der Waals surface area contributed by atoms with Crippen molar-refractivity contribution in [3.05, 3.63) is 0 Å². The van der Waals surface area contributed by atoms with Crippen molar-refractivity contribution in [3.8, 4) is 0 Å². The van der Waals surface area contributed by atoms with E-state index in [4.69, 9.17) is 4.74 Å². The van der Waals surface area contributed by atoms with E-state index < -0.39 is 0 Å². The molecule has 0 aromatic rings. The van der Waals surface area contributed by atoms with Gasteiger partial charge in [0.05, 0.1) is 6.61 Å². The molecule has 1 aliphatic heterocycles. The van der Waals surface area contributed by atoms with Gasteiger partial charge < -0.3 is 10.1 Å². The van der Waals surface area contributed by atoms with Crippen LogP contribution in [0.5, 0.6) is 0 Å². The summed E-state index contributed by atoms with van der Waals surface area (Å²) >= 11 is 0. The Balaban J connectivity index is 2.56. The predicted octanol–water partition coefficient (Wildman–Crippen LogP) is 2.44. The Labute approximate surface area is 88.4 Å². The summed E-state index contributed by atoms with van der Waals surface area (Å²) in [5, 5.41) is 3.49. The molecule has 0 aliphatic carbocycles. The van der Waals surface area contributed by atoms with Crippen LogP contribution >= 0.6 is 0 Å². The zero-order valence-corrected chi connectivity index (χ0v) is 9.94. The van der Waals surface area contributed by atoms with E-state index in [-0.39, 0.29) is 0 Å². The molecule has 1 saturated heterocycles. The average Bonchev–Trinajstić information content (AvgIpc) is 2.26. The molecule has 0 amide bonds. The third-order valence-electron chi connectivity index (χ3n) is 3.74. The van der Waals surface area contributed by atoms with E-state index >= 15 is 0 Å². The second-order valence-corrected chi connectivity index (χ2v) is 4.61. The first-order valence-electron chi connectivity index (χ1n) is 6.03. The van der Waals surface area contributed by atoms with Crippen molar-refractivity contribution in [1.29, 1.82) is 0 Å². The lowest BCUT2D eigenvalue weighted by molar-refractivity contribution is -0.0381. The third kappa shape index (κ3) is 2.71. The highest BCUT2D eigenvalue weighted by atomic mass is 16.5. The number of rotatable bonds is 5. The molecule has 1 heterocycles. The Bertz CT molecular complexity index is 152. The number of hydrogen-bond donors (Lipinski definition) is 1. The van der Waals surface area contributed by atoms with Gasteiger partial charge in [-0.05, 0) is 25.3 Å². The first kappa shape index (κ1) is 12.0. The van der Waals surface area contributed by atoms with Crippen molar-refractivity contribution in [2.75, 3.05) is 26.3 Å². The number of hydrogen-bond acceptors (Lipinski definition) is 2. The molecular formula is C12H25NO.